The van der Waals surface area contributed by atoms with E-state index in [1.165, 1.54) is 6.20 Å². The van der Waals surface area contributed by atoms with E-state index in [2.05, 4.69) is 32.7 Å². The Labute approximate surface area is 210 Å². The molecule has 2 aromatic carbocycles. The van der Waals surface area contributed by atoms with E-state index in [9.17, 15) is 21.6 Å². The fourth-order valence-electron chi connectivity index (χ4n) is 3.20. The van der Waals surface area contributed by atoms with Crippen molar-refractivity contribution in [2.45, 2.75) is 43.0 Å². The van der Waals surface area contributed by atoms with Gasteiger partial charge in [-0.05, 0) is 62.1 Å². The van der Waals surface area contributed by atoms with Gasteiger partial charge < -0.3 is 15.7 Å². The number of carboxylic acid groups (broad SMARTS) is 1. The number of hydrogen-bond acceptors (Lipinski definition) is 7. The van der Waals surface area contributed by atoms with Gasteiger partial charge in [0.15, 0.2) is 15.7 Å². The summed E-state index contributed by atoms with van der Waals surface area (Å²) in [5.41, 5.74) is 3.54. The van der Waals surface area contributed by atoms with E-state index in [0.717, 1.165) is 29.7 Å². The van der Waals surface area contributed by atoms with Crippen LogP contribution in [0.15, 0.2) is 53.6 Å². The molecule has 13 heteroatoms. The molecule has 0 saturated carbocycles. The van der Waals surface area contributed by atoms with Gasteiger partial charge >= 0.3 is 12.1 Å². The van der Waals surface area contributed by atoms with Gasteiger partial charge in [0.25, 0.3) is 0 Å². The van der Waals surface area contributed by atoms with Gasteiger partial charge in [0.05, 0.1) is 22.0 Å². The van der Waals surface area contributed by atoms with Gasteiger partial charge in [0.2, 0.25) is 5.95 Å². The van der Waals surface area contributed by atoms with Crippen LogP contribution in [0.5, 0.6) is 0 Å². The van der Waals surface area contributed by atoms with E-state index in [1.54, 1.807) is 19.9 Å². The molecule has 1 aromatic heterocycles. The van der Waals surface area contributed by atoms with E-state index in [1.807, 2.05) is 24.3 Å². The van der Waals surface area contributed by atoms with Crippen molar-refractivity contribution >= 4 is 50.5 Å². The summed E-state index contributed by atoms with van der Waals surface area (Å²) in [5, 5.41) is 13.2. The van der Waals surface area contributed by atoms with Gasteiger partial charge in [-0.25, -0.2) is 18.2 Å². The lowest BCUT2D eigenvalue weighted by molar-refractivity contribution is -0.192. The molecule has 3 N–H and O–H groups in total. The van der Waals surface area contributed by atoms with Crippen LogP contribution in [0.3, 0.4) is 0 Å². The Kier molecular flexibility index (Phi) is 8.09. The molecule has 36 heavy (non-hydrogen) atoms. The van der Waals surface area contributed by atoms with Crippen LogP contribution in [0.4, 0.5) is 36.3 Å². The highest BCUT2D eigenvalue weighted by Gasteiger charge is 2.38. The lowest BCUT2D eigenvalue weighted by Crippen LogP contribution is -2.21. The Morgan fingerprint density at radius 1 is 1.08 bits per heavy atom. The molecule has 6 bridgehead atoms. The van der Waals surface area contributed by atoms with Crippen molar-refractivity contribution in [1.29, 1.82) is 0 Å². The largest absolute Gasteiger partial charge is 0.490 e. The molecule has 0 amide bonds. The minimum absolute atomic E-state index is 0.232. The molecule has 3 aromatic rings. The first-order valence-corrected chi connectivity index (χ1v) is 12.5. The summed E-state index contributed by atoms with van der Waals surface area (Å²) >= 11 is 6.30. The topological polar surface area (TPSA) is 121 Å². The van der Waals surface area contributed by atoms with Crippen LogP contribution in [-0.2, 0) is 27.5 Å². The maximum absolute atomic E-state index is 12.9. The van der Waals surface area contributed by atoms with E-state index >= 15 is 0 Å². The summed E-state index contributed by atoms with van der Waals surface area (Å²) in [5.74, 6) is -2.04. The molecule has 0 unspecified atom stereocenters. The van der Waals surface area contributed by atoms with Crippen LogP contribution in [0.2, 0.25) is 5.02 Å². The van der Waals surface area contributed by atoms with Crippen molar-refractivity contribution in [3.63, 3.8) is 0 Å². The molecule has 1 aliphatic rings. The minimum Gasteiger partial charge on any atom is -0.475 e. The predicted molar refractivity (Wildman–Crippen MR) is 130 cm³/mol. The van der Waals surface area contributed by atoms with Crippen molar-refractivity contribution in [2.24, 2.45) is 0 Å². The number of aliphatic carboxylic acids is 1. The molecule has 0 fully saturated rings. The highest BCUT2D eigenvalue weighted by atomic mass is 35.5. The number of alkyl halides is 3. The number of halogens is 4. The van der Waals surface area contributed by atoms with Crippen LogP contribution in [-0.4, -0.2) is 40.9 Å². The number of carbonyl (C=O) groups is 1. The Balaban J connectivity index is 0.000000454. The second kappa shape index (κ2) is 10.7. The van der Waals surface area contributed by atoms with Gasteiger partial charge in [-0.3, -0.25) is 0 Å². The summed E-state index contributed by atoms with van der Waals surface area (Å²) < 4.78 is 57.5. The third-order valence-electron chi connectivity index (χ3n) is 5.10. The molecular formula is C23H22ClF3N4O4S. The first-order valence-electron chi connectivity index (χ1n) is 10.6. The molecule has 8 nitrogen and oxygen atoms in total. The maximum atomic E-state index is 12.9. The molecule has 0 atom stereocenters. The fraction of sp³-hybridized carbons (Fsp3) is 0.261. The first-order chi connectivity index (χ1) is 16.8. The molecule has 0 radical (unpaired) electrons. The monoisotopic (exact) mass is 542 g/mol. The second-order valence-corrected chi connectivity index (χ2v) is 10.9. The summed E-state index contributed by atoms with van der Waals surface area (Å²) in [7, 11) is -3.49. The lowest BCUT2D eigenvalue weighted by atomic mass is 10.0. The third kappa shape index (κ3) is 6.64. The van der Waals surface area contributed by atoms with Gasteiger partial charge in [0.1, 0.15) is 5.02 Å². The molecule has 0 saturated heterocycles. The van der Waals surface area contributed by atoms with Gasteiger partial charge in [-0.15, -0.1) is 0 Å². The number of rotatable bonds is 2. The average Bonchev–Trinajstić information content (AvgIpc) is 2.80. The van der Waals surface area contributed by atoms with Crippen molar-refractivity contribution in [3.05, 3.63) is 64.8 Å². The number of hydrogen-bond donors (Lipinski definition) is 3. The van der Waals surface area contributed by atoms with Crippen LogP contribution in [0.1, 0.15) is 25.0 Å². The zero-order chi connectivity index (χ0) is 26.7. The molecule has 192 valence electrons. The summed E-state index contributed by atoms with van der Waals surface area (Å²) in [6, 6.07) is 13.4. The SMILES string of the molecule is CC(C)S(=O)(=O)c1ccc2cc1Nc1nc(ncc1Cl)Nc1cccc(c1)CC2.O=C(O)C(F)(F)F. The lowest BCUT2D eigenvalue weighted by Gasteiger charge is -2.16. The number of nitrogens with zero attached hydrogens (tertiary/aromatic N) is 2. The summed E-state index contributed by atoms with van der Waals surface area (Å²) in [6.45, 7) is 3.34. The Morgan fingerprint density at radius 3 is 2.33 bits per heavy atom. The molecule has 1 aliphatic heterocycles. The van der Waals surface area contributed by atoms with Crippen molar-refractivity contribution in [1.82, 2.24) is 9.97 Å². The quantitative estimate of drug-likeness (QED) is 0.386. The Morgan fingerprint density at radius 2 is 1.72 bits per heavy atom. The number of anilines is 4. The summed E-state index contributed by atoms with van der Waals surface area (Å²) in [6.07, 6.45) is -2.00. The predicted octanol–water partition coefficient (Wildman–Crippen LogP) is 5.53. The van der Waals surface area contributed by atoms with E-state index in [4.69, 9.17) is 21.5 Å². The smallest absolute Gasteiger partial charge is 0.475 e. The minimum atomic E-state index is -5.08. The van der Waals surface area contributed by atoms with Gasteiger partial charge in [-0.1, -0.05) is 29.8 Å². The number of sulfone groups is 1. The third-order valence-corrected chi connectivity index (χ3v) is 7.58. The fourth-order valence-corrected chi connectivity index (χ4v) is 4.52. The number of fused-ring (bicyclic) bond motifs is 6. The Hall–Kier alpha value is -3.38. The Bertz CT molecular complexity index is 1380. The van der Waals surface area contributed by atoms with Gasteiger partial charge in [-0.2, -0.15) is 18.2 Å². The molecule has 2 heterocycles. The number of aromatic nitrogens is 2. The van der Waals surface area contributed by atoms with E-state index in [-0.39, 0.29) is 4.90 Å². The number of carboxylic acids is 1. The number of nitrogens with one attached hydrogen (secondary N) is 2. The first kappa shape index (κ1) is 27.2. The second-order valence-electron chi connectivity index (χ2n) is 8.07. The van der Waals surface area contributed by atoms with E-state index in [0.29, 0.717) is 22.5 Å². The summed E-state index contributed by atoms with van der Waals surface area (Å²) in [4.78, 5) is 17.8. The normalized spacial score (nSPS) is 13.1. The average molecular weight is 543 g/mol. The van der Waals surface area contributed by atoms with Crippen molar-refractivity contribution in [2.75, 3.05) is 10.6 Å². The van der Waals surface area contributed by atoms with Crippen LogP contribution >= 0.6 is 11.6 Å². The number of benzene rings is 2. The van der Waals surface area contributed by atoms with Crippen molar-refractivity contribution in [3.8, 4) is 0 Å². The zero-order valence-corrected chi connectivity index (χ0v) is 20.7. The standard InChI is InChI=1S/C21H21ClN4O2S.C2HF3O2/c1-13(2)29(27,28)19-9-8-15-7-6-14-4-3-5-16(10-14)24-21-23-12-17(22)20(26-21)25-18(19)11-15;3-2(4,5)1(6)7/h3-5,8-13H,6-7H2,1-2H3,(H2,23,24,25,26);(H,6,7). The van der Waals surface area contributed by atoms with Crippen LogP contribution in [0.25, 0.3) is 0 Å². The van der Waals surface area contributed by atoms with Crippen LogP contribution < -0.4 is 10.6 Å². The van der Waals surface area contributed by atoms with Gasteiger partial charge in [0, 0.05) is 5.69 Å². The highest BCUT2D eigenvalue weighted by Crippen LogP contribution is 2.32. The number of aryl methyl sites for hydroxylation is 2. The molecule has 0 spiro atoms. The molecular weight excluding hydrogens is 521 g/mol. The van der Waals surface area contributed by atoms with E-state index < -0.39 is 27.2 Å². The van der Waals surface area contributed by atoms with Crippen LogP contribution in [0, 0.1) is 0 Å². The zero-order valence-electron chi connectivity index (χ0n) is 19.1. The molecule has 0 aliphatic carbocycles. The maximum Gasteiger partial charge on any atom is 0.490 e. The molecule has 4 rings (SSSR count). The highest BCUT2D eigenvalue weighted by molar-refractivity contribution is 7.92. The van der Waals surface area contributed by atoms with Crippen molar-refractivity contribution < 1.29 is 31.5 Å².